The van der Waals surface area contributed by atoms with Gasteiger partial charge in [0, 0.05) is 25.6 Å². The van der Waals surface area contributed by atoms with Crippen molar-refractivity contribution in [3.05, 3.63) is 41.7 Å². The largest absolute Gasteiger partial charge is 0.396 e. The van der Waals surface area contributed by atoms with Crippen LogP contribution in [0.2, 0.25) is 0 Å². The lowest BCUT2D eigenvalue weighted by Gasteiger charge is -2.35. The number of amides is 1. The predicted octanol–water partition coefficient (Wildman–Crippen LogP) is 3.05. The number of aryl methyl sites for hydroxylation is 1. The van der Waals surface area contributed by atoms with Crippen LogP contribution >= 0.6 is 0 Å². The van der Waals surface area contributed by atoms with Crippen LogP contribution in [-0.4, -0.2) is 51.4 Å². The fourth-order valence-corrected chi connectivity index (χ4v) is 3.92. The second-order valence-electron chi connectivity index (χ2n) is 7.29. The zero-order chi connectivity index (χ0) is 19.2. The monoisotopic (exact) mass is 370 g/mol. The Bertz CT molecular complexity index is 755. The van der Waals surface area contributed by atoms with E-state index in [1.54, 1.807) is 0 Å². The Morgan fingerprint density at radius 2 is 2.04 bits per heavy atom. The molecule has 2 N–H and O–H groups in total. The first-order valence-electron chi connectivity index (χ1n) is 9.86. The number of aromatic nitrogens is 2. The number of anilines is 1. The van der Waals surface area contributed by atoms with Gasteiger partial charge in [-0.15, -0.1) is 0 Å². The lowest BCUT2D eigenvalue weighted by molar-refractivity contribution is -0.116. The molecule has 2 heterocycles. The van der Waals surface area contributed by atoms with Crippen LogP contribution in [0, 0.1) is 13.8 Å². The van der Waals surface area contributed by atoms with Gasteiger partial charge >= 0.3 is 0 Å². The number of hydrogen-bond donors (Lipinski definition) is 2. The summed E-state index contributed by atoms with van der Waals surface area (Å²) in [6.45, 7) is 5.86. The van der Waals surface area contributed by atoms with E-state index in [0.29, 0.717) is 12.5 Å². The second-order valence-corrected chi connectivity index (χ2v) is 7.29. The van der Waals surface area contributed by atoms with Crippen LogP contribution in [0.3, 0.4) is 0 Å². The maximum absolute atomic E-state index is 12.5. The van der Waals surface area contributed by atoms with Gasteiger partial charge in [-0.3, -0.25) is 9.69 Å². The van der Waals surface area contributed by atoms with Crippen LogP contribution in [-0.2, 0) is 4.79 Å². The minimum Gasteiger partial charge on any atom is -0.396 e. The van der Waals surface area contributed by atoms with Gasteiger partial charge in [0.2, 0.25) is 5.91 Å². The number of carbonyl (C=O) groups excluding carboxylic acids is 1. The van der Waals surface area contributed by atoms with Gasteiger partial charge in [-0.2, -0.15) is 5.10 Å². The summed E-state index contributed by atoms with van der Waals surface area (Å²) in [5.41, 5.74) is 3.54. The van der Waals surface area contributed by atoms with Crippen molar-refractivity contribution in [2.24, 2.45) is 0 Å². The third-order valence-corrected chi connectivity index (χ3v) is 5.39. The molecule has 1 aliphatic heterocycles. The number of nitrogens with zero attached hydrogens (tertiary/aromatic N) is 3. The Labute approximate surface area is 161 Å². The zero-order valence-electron chi connectivity index (χ0n) is 16.3. The summed E-state index contributed by atoms with van der Waals surface area (Å²) >= 11 is 0. The van der Waals surface area contributed by atoms with Crippen molar-refractivity contribution in [3.63, 3.8) is 0 Å². The molecule has 27 heavy (non-hydrogen) atoms. The average molecular weight is 370 g/mol. The Morgan fingerprint density at radius 1 is 1.26 bits per heavy atom. The van der Waals surface area contributed by atoms with Crippen molar-refractivity contribution in [1.82, 2.24) is 14.7 Å². The van der Waals surface area contributed by atoms with Crippen molar-refractivity contribution in [2.75, 3.05) is 25.0 Å². The number of benzene rings is 1. The molecule has 0 saturated carbocycles. The maximum Gasteiger partial charge on any atom is 0.225 e. The molecule has 1 fully saturated rings. The average Bonchev–Trinajstić information content (AvgIpc) is 2.96. The highest BCUT2D eigenvalue weighted by atomic mass is 16.3. The third-order valence-electron chi connectivity index (χ3n) is 5.39. The quantitative estimate of drug-likeness (QED) is 0.786. The minimum absolute atomic E-state index is 0.0159. The van der Waals surface area contributed by atoms with Gasteiger partial charge in [-0.1, -0.05) is 24.6 Å². The summed E-state index contributed by atoms with van der Waals surface area (Å²) in [5, 5.41) is 16.9. The Morgan fingerprint density at radius 3 is 2.78 bits per heavy atom. The van der Waals surface area contributed by atoms with Crippen molar-refractivity contribution >= 4 is 11.6 Å². The first kappa shape index (κ1) is 19.6. The molecule has 0 bridgehead atoms. The topological polar surface area (TPSA) is 70.4 Å². The molecule has 2 aromatic rings. The van der Waals surface area contributed by atoms with Gasteiger partial charge in [-0.25, -0.2) is 4.68 Å². The molecule has 1 saturated heterocycles. The number of para-hydroxylation sites is 1. The van der Waals surface area contributed by atoms with Gasteiger partial charge in [0.15, 0.2) is 0 Å². The second kappa shape index (κ2) is 9.15. The van der Waals surface area contributed by atoms with Crippen molar-refractivity contribution in [1.29, 1.82) is 0 Å². The number of nitrogens with one attached hydrogen (secondary N) is 1. The number of carbonyl (C=O) groups is 1. The highest BCUT2D eigenvalue weighted by Gasteiger charge is 2.22. The smallest absolute Gasteiger partial charge is 0.225 e. The number of likely N-dealkylation sites (tertiary alicyclic amines) is 1. The van der Waals surface area contributed by atoms with E-state index in [4.69, 9.17) is 0 Å². The Kier molecular flexibility index (Phi) is 6.63. The minimum atomic E-state index is 0.0159. The van der Waals surface area contributed by atoms with E-state index in [1.165, 1.54) is 12.8 Å². The lowest BCUT2D eigenvalue weighted by atomic mass is 9.99. The fourth-order valence-electron chi connectivity index (χ4n) is 3.92. The van der Waals surface area contributed by atoms with Gasteiger partial charge in [0.1, 0.15) is 0 Å². The van der Waals surface area contributed by atoms with Crippen LogP contribution in [0.5, 0.6) is 0 Å². The predicted molar refractivity (Wildman–Crippen MR) is 107 cm³/mol. The van der Waals surface area contributed by atoms with Gasteiger partial charge in [0.25, 0.3) is 0 Å². The first-order valence-corrected chi connectivity index (χ1v) is 9.86. The SMILES string of the molecule is Cc1nn(-c2ccccc2)c(C)c1NC(=O)CCN1CCCCC1CCO. The summed E-state index contributed by atoms with van der Waals surface area (Å²) in [7, 11) is 0. The normalized spacial score (nSPS) is 17.8. The molecule has 1 amide bonds. The van der Waals surface area contributed by atoms with Crippen LogP contribution in [0.25, 0.3) is 5.69 Å². The van der Waals surface area contributed by atoms with Crippen LogP contribution in [0.1, 0.15) is 43.5 Å². The number of aliphatic hydroxyl groups is 1. The summed E-state index contributed by atoms with van der Waals surface area (Å²) in [4.78, 5) is 14.9. The molecule has 0 aliphatic carbocycles. The zero-order valence-corrected chi connectivity index (χ0v) is 16.3. The van der Waals surface area contributed by atoms with E-state index in [0.717, 1.165) is 48.7 Å². The first-order chi connectivity index (χ1) is 13.1. The molecule has 0 spiro atoms. The van der Waals surface area contributed by atoms with Crippen LogP contribution < -0.4 is 5.32 Å². The molecule has 6 nitrogen and oxygen atoms in total. The molecule has 146 valence electrons. The summed E-state index contributed by atoms with van der Waals surface area (Å²) in [6, 6.07) is 10.3. The molecular formula is C21H30N4O2. The van der Waals surface area contributed by atoms with Crippen LogP contribution in [0.15, 0.2) is 30.3 Å². The molecule has 1 aliphatic rings. The molecule has 1 aromatic carbocycles. The van der Waals surface area contributed by atoms with E-state index in [-0.39, 0.29) is 12.5 Å². The van der Waals surface area contributed by atoms with Gasteiger partial charge < -0.3 is 10.4 Å². The Hall–Kier alpha value is -2.18. The lowest BCUT2D eigenvalue weighted by Crippen LogP contribution is -2.41. The highest BCUT2D eigenvalue weighted by molar-refractivity contribution is 5.92. The van der Waals surface area contributed by atoms with E-state index in [1.807, 2.05) is 48.9 Å². The van der Waals surface area contributed by atoms with E-state index in [2.05, 4.69) is 15.3 Å². The van der Waals surface area contributed by atoms with E-state index in [9.17, 15) is 9.90 Å². The number of rotatable bonds is 7. The summed E-state index contributed by atoms with van der Waals surface area (Å²) < 4.78 is 1.87. The number of piperidine rings is 1. The third kappa shape index (κ3) is 4.76. The number of aliphatic hydroxyl groups excluding tert-OH is 1. The molecule has 3 rings (SSSR count). The molecular weight excluding hydrogens is 340 g/mol. The summed E-state index contributed by atoms with van der Waals surface area (Å²) in [5.74, 6) is 0.0159. The number of hydrogen-bond acceptors (Lipinski definition) is 4. The van der Waals surface area contributed by atoms with Gasteiger partial charge in [0.05, 0.1) is 22.8 Å². The van der Waals surface area contributed by atoms with Crippen molar-refractivity contribution < 1.29 is 9.90 Å². The Balaban J connectivity index is 1.62. The van der Waals surface area contributed by atoms with E-state index >= 15 is 0 Å². The van der Waals surface area contributed by atoms with Crippen molar-refractivity contribution in [3.8, 4) is 5.69 Å². The molecule has 1 unspecified atom stereocenters. The van der Waals surface area contributed by atoms with Crippen molar-refractivity contribution in [2.45, 2.75) is 52.0 Å². The highest BCUT2D eigenvalue weighted by Crippen LogP contribution is 2.23. The maximum atomic E-state index is 12.5. The molecule has 1 atom stereocenters. The molecule has 0 radical (unpaired) electrons. The summed E-state index contributed by atoms with van der Waals surface area (Å²) in [6.07, 6.45) is 4.75. The van der Waals surface area contributed by atoms with Gasteiger partial charge in [-0.05, 0) is 51.8 Å². The van der Waals surface area contributed by atoms with E-state index < -0.39 is 0 Å². The molecule has 6 heteroatoms. The fraction of sp³-hybridized carbons (Fsp3) is 0.524. The van der Waals surface area contributed by atoms with Crippen LogP contribution in [0.4, 0.5) is 5.69 Å². The molecule has 1 aromatic heterocycles. The standard InChI is InChI=1S/C21H30N4O2/c1-16-21(17(2)25(23-16)19-9-4-3-5-10-19)22-20(27)11-14-24-13-7-6-8-18(24)12-15-26/h3-5,9-10,18,26H,6-8,11-15H2,1-2H3,(H,22,27).